The molecule has 0 bridgehead atoms. The van der Waals surface area contributed by atoms with Crippen LogP contribution in [0.3, 0.4) is 0 Å². The van der Waals surface area contributed by atoms with E-state index in [0.29, 0.717) is 5.76 Å². The lowest BCUT2D eigenvalue weighted by Crippen LogP contribution is -2.11. The van der Waals surface area contributed by atoms with Crippen LogP contribution in [0.25, 0.3) is 0 Å². The summed E-state index contributed by atoms with van der Waals surface area (Å²) in [4.78, 5) is 14.8. The van der Waals surface area contributed by atoms with Gasteiger partial charge in [-0.25, -0.2) is 0 Å². The fraction of sp³-hybridized carbons (Fsp3) is 0.115. The largest absolute Gasteiger partial charge is 0.485 e. The Morgan fingerprint density at radius 1 is 0.935 bits per heavy atom. The van der Waals surface area contributed by atoms with Gasteiger partial charge in [0.25, 0.3) is 5.91 Å². The van der Waals surface area contributed by atoms with Gasteiger partial charge in [0, 0.05) is 9.79 Å². The first kappa shape index (κ1) is 20.8. The van der Waals surface area contributed by atoms with Crippen molar-refractivity contribution in [3.63, 3.8) is 0 Å². The Kier molecular flexibility index (Phi) is 6.43. The molecule has 0 unspecified atom stereocenters. The summed E-state index contributed by atoms with van der Waals surface area (Å²) in [5, 5.41) is 2.96. The Labute approximate surface area is 186 Å². The first-order valence-corrected chi connectivity index (χ1v) is 10.8. The first-order valence-electron chi connectivity index (χ1n) is 10.0. The molecule has 1 aromatic heterocycles. The molecule has 0 aliphatic rings. The summed E-state index contributed by atoms with van der Waals surface area (Å²) in [5.74, 6) is 1.37. The molecule has 0 spiro atoms. The van der Waals surface area contributed by atoms with Crippen molar-refractivity contribution >= 4 is 23.4 Å². The summed E-state index contributed by atoms with van der Waals surface area (Å²) >= 11 is 1.60. The van der Waals surface area contributed by atoms with Crippen LogP contribution < -0.4 is 10.1 Å². The summed E-state index contributed by atoms with van der Waals surface area (Å²) in [6.07, 6.45) is 0. The Morgan fingerprint density at radius 2 is 1.71 bits per heavy atom. The Morgan fingerprint density at radius 3 is 2.55 bits per heavy atom. The number of amides is 1. The molecule has 0 fully saturated rings. The summed E-state index contributed by atoms with van der Waals surface area (Å²) < 4.78 is 11.6. The highest BCUT2D eigenvalue weighted by Gasteiger charge is 2.14. The average molecular weight is 430 g/mol. The molecular formula is C26H23NO3S. The van der Waals surface area contributed by atoms with Crippen molar-refractivity contribution in [3.8, 4) is 5.75 Å². The minimum atomic E-state index is -0.293. The maximum atomic E-state index is 12.8. The van der Waals surface area contributed by atoms with Gasteiger partial charge in [0.2, 0.25) is 0 Å². The first-order chi connectivity index (χ1) is 15.1. The van der Waals surface area contributed by atoms with Crippen LogP contribution in [0.2, 0.25) is 0 Å². The van der Waals surface area contributed by atoms with Crippen LogP contribution in [-0.4, -0.2) is 5.91 Å². The maximum absolute atomic E-state index is 12.8. The van der Waals surface area contributed by atoms with Crippen LogP contribution in [0.4, 0.5) is 5.69 Å². The molecule has 1 amide bonds. The number of para-hydroxylation sites is 1. The summed E-state index contributed by atoms with van der Waals surface area (Å²) in [5.41, 5.74) is 2.93. The number of hydrogen-bond donors (Lipinski definition) is 1. The Balaban J connectivity index is 1.42. The summed E-state index contributed by atoms with van der Waals surface area (Å²) in [6, 6.07) is 27.3. The number of carbonyl (C=O) groups excluding carboxylic acids is 1. The molecular weight excluding hydrogens is 406 g/mol. The average Bonchev–Trinajstić information content (AvgIpc) is 3.26. The standard InChI is InChI=1S/C26H23NO3S/c1-18-12-13-19(2)24(16-18)29-17-20-14-15-23(30-20)26(28)27-22-10-6-7-11-25(22)31-21-8-4-3-5-9-21/h3-16H,17H2,1-2H3,(H,27,28). The number of nitrogens with one attached hydrogen (secondary N) is 1. The van der Waals surface area contributed by atoms with Crippen LogP contribution >= 0.6 is 11.8 Å². The molecule has 31 heavy (non-hydrogen) atoms. The lowest BCUT2D eigenvalue weighted by molar-refractivity contribution is 0.0992. The van der Waals surface area contributed by atoms with Gasteiger partial charge in [-0.1, -0.05) is 54.2 Å². The van der Waals surface area contributed by atoms with Crippen molar-refractivity contribution in [1.29, 1.82) is 0 Å². The van der Waals surface area contributed by atoms with Gasteiger partial charge in [0.1, 0.15) is 18.1 Å². The fourth-order valence-electron chi connectivity index (χ4n) is 3.05. The van der Waals surface area contributed by atoms with Crippen LogP contribution in [0, 0.1) is 13.8 Å². The van der Waals surface area contributed by atoms with Crippen LogP contribution in [0.1, 0.15) is 27.4 Å². The topological polar surface area (TPSA) is 51.5 Å². The Hall–Kier alpha value is -3.44. The molecule has 0 saturated heterocycles. The fourth-order valence-corrected chi connectivity index (χ4v) is 3.97. The molecule has 0 radical (unpaired) electrons. The molecule has 5 heteroatoms. The van der Waals surface area contributed by atoms with E-state index in [1.807, 2.05) is 86.6 Å². The van der Waals surface area contributed by atoms with Crippen molar-refractivity contribution in [2.75, 3.05) is 5.32 Å². The van der Waals surface area contributed by atoms with Gasteiger partial charge >= 0.3 is 0 Å². The smallest absolute Gasteiger partial charge is 0.291 e. The van der Waals surface area contributed by atoms with Crippen LogP contribution in [0.5, 0.6) is 5.75 Å². The molecule has 1 N–H and O–H groups in total. The molecule has 4 aromatic rings. The third-order valence-electron chi connectivity index (χ3n) is 4.71. The third kappa shape index (κ3) is 5.38. The number of furan rings is 1. The lowest BCUT2D eigenvalue weighted by atomic mass is 10.1. The summed E-state index contributed by atoms with van der Waals surface area (Å²) in [7, 11) is 0. The second kappa shape index (κ2) is 9.58. The highest BCUT2D eigenvalue weighted by molar-refractivity contribution is 7.99. The van der Waals surface area contributed by atoms with E-state index in [1.165, 1.54) is 0 Å². The van der Waals surface area contributed by atoms with Gasteiger partial charge < -0.3 is 14.5 Å². The molecule has 0 aliphatic heterocycles. The highest BCUT2D eigenvalue weighted by Crippen LogP contribution is 2.33. The van der Waals surface area contributed by atoms with Gasteiger partial charge in [0.15, 0.2) is 5.76 Å². The van der Waals surface area contributed by atoms with E-state index in [9.17, 15) is 4.79 Å². The quantitative estimate of drug-likeness (QED) is 0.348. The second-order valence-electron chi connectivity index (χ2n) is 7.19. The zero-order chi connectivity index (χ0) is 21.6. The van der Waals surface area contributed by atoms with E-state index in [4.69, 9.17) is 9.15 Å². The third-order valence-corrected chi connectivity index (χ3v) is 5.79. The summed E-state index contributed by atoms with van der Waals surface area (Å²) in [6.45, 7) is 4.29. The van der Waals surface area contributed by atoms with Crippen molar-refractivity contribution in [3.05, 3.63) is 108 Å². The van der Waals surface area contributed by atoms with Crippen molar-refractivity contribution in [2.45, 2.75) is 30.2 Å². The van der Waals surface area contributed by atoms with Crippen LogP contribution in [0.15, 0.2) is 99.1 Å². The molecule has 3 aromatic carbocycles. The number of rotatable bonds is 7. The van der Waals surface area contributed by atoms with Crippen LogP contribution in [-0.2, 0) is 6.61 Å². The van der Waals surface area contributed by atoms with Crippen molar-refractivity contribution in [1.82, 2.24) is 0 Å². The van der Waals surface area contributed by atoms with Crippen molar-refractivity contribution in [2.24, 2.45) is 0 Å². The predicted molar refractivity (Wildman–Crippen MR) is 124 cm³/mol. The SMILES string of the molecule is Cc1ccc(C)c(OCc2ccc(C(=O)Nc3ccccc3Sc3ccccc3)o2)c1. The molecule has 4 rings (SSSR count). The van der Waals surface area contributed by atoms with Gasteiger partial charge in [-0.05, 0) is 67.4 Å². The van der Waals surface area contributed by atoms with E-state index < -0.39 is 0 Å². The zero-order valence-electron chi connectivity index (χ0n) is 17.4. The molecule has 156 valence electrons. The van der Waals surface area contributed by atoms with Gasteiger partial charge in [0.05, 0.1) is 5.69 Å². The number of carbonyl (C=O) groups is 1. The number of benzene rings is 3. The highest BCUT2D eigenvalue weighted by atomic mass is 32.2. The van der Waals surface area contributed by atoms with Crippen molar-refractivity contribution < 1.29 is 13.9 Å². The van der Waals surface area contributed by atoms with Gasteiger partial charge in [-0.3, -0.25) is 4.79 Å². The lowest BCUT2D eigenvalue weighted by Gasteiger charge is -2.10. The molecule has 0 aliphatic carbocycles. The van der Waals surface area contributed by atoms with E-state index in [1.54, 1.807) is 23.9 Å². The molecule has 0 atom stereocenters. The number of ether oxygens (including phenoxy) is 1. The normalized spacial score (nSPS) is 10.6. The van der Waals surface area contributed by atoms with Gasteiger partial charge in [-0.2, -0.15) is 0 Å². The van der Waals surface area contributed by atoms with E-state index in [0.717, 1.165) is 32.4 Å². The number of aryl methyl sites for hydroxylation is 2. The van der Waals surface area contributed by atoms with Gasteiger partial charge in [-0.15, -0.1) is 0 Å². The minimum Gasteiger partial charge on any atom is -0.485 e. The van der Waals surface area contributed by atoms with E-state index in [2.05, 4.69) is 5.32 Å². The Bertz CT molecular complexity index is 1180. The maximum Gasteiger partial charge on any atom is 0.291 e. The predicted octanol–water partition coefficient (Wildman–Crippen LogP) is 6.88. The number of hydrogen-bond acceptors (Lipinski definition) is 4. The van der Waals surface area contributed by atoms with E-state index in [-0.39, 0.29) is 18.3 Å². The molecule has 1 heterocycles. The minimum absolute atomic E-state index is 0.249. The van der Waals surface area contributed by atoms with E-state index >= 15 is 0 Å². The monoisotopic (exact) mass is 429 g/mol. The zero-order valence-corrected chi connectivity index (χ0v) is 18.2. The second-order valence-corrected chi connectivity index (χ2v) is 8.30. The molecule has 4 nitrogen and oxygen atoms in total. The number of anilines is 1. The molecule has 0 saturated carbocycles.